The Morgan fingerprint density at radius 1 is 1.38 bits per heavy atom. The highest BCUT2D eigenvalue weighted by atomic mass is 35.7. The lowest BCUT2D eigenvalue weighted by molar-refractivity contribution is 0.481. The summed E-state index contributed by atoms with van der Waals surface area (Å²) in [6, 6.07) is 4.94. The molecule has 0 saturated carbocycles. The van der Waals surface area contributed by atoms with Crippen molar-refractivity contribution in [3.05, 3.63) is 28.8 Å². The van der Waals surface area contributed by atoms with Gasteiger partial charge in [-0.1, -0.05) is 18.5 Å². The molecule has 1 heterocycles. The smallest absolute Gasteiger partial charge is 0.294 e. The average molecular weight is 279 g/mol. The topological polar surface area (TPSA) is 47.3 Å². The van der Waals surface area contributed by atoms with Gasteiger partial charge in [0.2, 0.25) is 5.09 Å². The SMILES string of the molecule is CCc1c(S(=O)(=O)Cl)oc2ccc(Cl)cc12. The maximum absolute atomic E-state index is 11.3. The van der Waals surface area contributed by atoms with Gasteiger partial charge >= 0.3 is 0 Å². The Bertz CT molecular complexity index is 643. The van der Waals surface area contributed by atoms with E-state index < -0.39 is 9.05 Å². The van der Waals surface area contributed by atoms with Gasteiger partial charge in [-0.15, -0.1) is 0 Å². The van der Waals surface area contributed by atoms with Crippen molar-refractivity contribution in [2.75, 3.05) is 0 Å². The largest absolute Gasteiger partial charge is 0.443 e. The number of furan rings is 1. The number of rotatable bonds is 2. The van der Waals surface area contributed by atoms with Crippen molar-refractivity contribution < 1.29 is 12.8 Å². The maximum Gasteiger partial charge on any atom is 0.294 e. The zero-order valence-electron chi connectivity index (χ0n) is 8.33. The molecule has 86 valence electrons. The highest BCUT2D eigenvalue weighted by molar-refractivity contribution is 8.13. The monoisotopic (exact) mass is 278 g/mol. The van der Waals surface area contributed by atoms with Crippen LogP contribution in [0.2, 0.25) is 5.02 Å². The molecular formula is C10H8Cl2O3S. The summed E-state index contributed by atoms with van der Waals surface area (Å²) in [4.78, 5) is 0. The molecule has 3 nitrogen and oxygen atoms in total. The highest BCUT2D eigenvalue weighted by Crippen LogP contribution is 2.33. The fraction of sp³-hybridized carbons (Fsp3) is 0.200. The van der Waals surface area contributed by atoms with E-state index in [4.69, 9.17) is 26.7 Å². The Kier molecular flexibility index (Phi) is 2.90. The second-order valence-electron chi connectivity index (χ2n) is 3.30. The van der Waals surface area contributed by atoms with Crippen LogP contribution < -0.4 is 0 Å². The third-order valence-corrected chi connectivity index (χ3v) is 3.72. The van der Waals surface area contributed by atoms with Crippen LogP contribution in [0.3, 0.4) is 0 Å². The molecule has 1 aromatic heterocycles. The van der Waals surface area contributed by atoms with E-state index in [1.807, 2.05) is 6.92 Å². The van der Waals surface area contributed by atoms with Crippen molar-refractivity contribution in [3.8, 4) is 0 Å². The Hall–Kier alpha value is -0.710. The zero-order valence-corrected chi connectivity index (χ0v) is 10.7. The quantitative estimate of drug-likeness (QED) is 0.789. The first-order valence-electron chi connectivity index (χ1n) is 4.59. The van der Waals surface area contributed by atoms with Crippen LogP contribution in [-0.2, 0) is 15.5 Å². The molecule has 0 aliphatic rings. The highest BCUT2D eigenvalue weighted by Gasteiger charge is 2.22. The van der Waals surface area contributed by atoms with Crippen LogP contribution in [0, 0.1) is 0 Å². The van der Waals surface area contributed by atoms with Crippen molar-refractivity contribution in [3.63, 3.8) is 0 Å². The summed E-state index contributed by atoms with van der Waals surface area (Å²) in [6.07, 6.45) is 0.509. The summed E-state index contributed by atoms with van der Waals surface area (Å²) in [6.45, 7) is 1.83. The molecular weight excluding hydrogens is 271 g/mol. The molecule has 0 fully saturated rings. The van der Waals surface area contributed by atoms with E-state index in [9.17, 15) is 8.42 Å². The fourth-order valence-electron chi connectivity index (χ4n) is 1.63. The third-order valence-electron chi connectivity index (χ3n) is 2.29. The van der Waals surface area contributed by atoms with Crippen LogP contribution in [-0.4, -0.2) is 8.42 Å². The molecule has 0 saturated heterocycles. The Labute approximate surface area is 102 Å². The molecule has 0 aliphatic heterocycles. The standard InChI is InChI=1S/C10H8Cl2O3S/c1-2-7-8-5-6(11)3-4-9(8)15-10(7)16(12,13)14/h3-5H,2H2,1H3. The molecule has 2 aromatic rings. The minimum absolute atomic E-state index is 0.186. The van der Waals surface area contributed by atoms with Crippen LogP contribution >= 0.6 is 22.3 Å². The van der Waals surface area contributed by atoms with Crippen molar-refractivity contribution >= 4 is 42.3 Å². The number of halogens is 2. The maximum atomic E-state index is 11.3. The number of hydrogen-bond donors (Lipinski definition) is 0. The van der Waals surface area contributed by atoms with E-state index in [2.05, 4.69) is 0 Å². The summed E-state index contributed by atoms with van der Waals surface area (Å²) >= 11 is 5.85. The lowest BCUT2D eigenvalue weighted by Gasteiger charge is -1.95. The van der Waals surface area contributed by atoms with Crippen LogP contribution in [0.1, 0.15) is 12.5 Å². The summed E-state index contributed by atoms with van der Waals surface area (Å²) in [5, 5.41) is 1.03. The lowest BCUT2D eigenvalue weighted by atomic mass is 10.1. The first kappa shape index (κ1) is 11.8. The Morgan fingerprint density at radius 2 is 2.06 bits per heavy atom. The van der Waals surface area contributed by atoms with Crippen molar-refractivity contribution in [1.29, 1.82) is 0 Å². The second-order valence-corrected chi connectivity index (χ2v) is 6.20. The van der Waals surface area contributed by atoms with Gasteiger partial charge < -0.3 is 4.42 Å². The Morgan fingerprint density at radius 3 is 2.62 bits per heavy atom. The van der Waals surface area contributed by atoms with E-state index in [1.54, 1.807) is 18.2 Å². The van der Waals surface area contributed by atoms with E-state index in [-0.39, 0.29) is 5.09 Å². The molecule has 16 heavy (non-hydrogen) atoms. The molecule has 0 amide bonds. The number of fused-ring (bicyclic) bond motifs is 1. The van der Waals surface area contributed by atoms with E-state index >= 15 is 0 Å². The first-order valence-corrected chi connectivity index (χ1v) is 7.27. The van der Waals surface area contributed by atoms with Crippen molar-refractivity contribution in [2.45, 2.75) is 18.4 Å². The molecule has 0 radical (unpaired) electrons. The molecule has 0 bridgehead atoms. The average Bonchev–Trinajstić information content (AvgIpc) is 2.54. The predicted molar refractivity (Wildman–Crippen MR) is 63.6 cm³/mol. The van der Waals surface area contributed by atoms with Gasteiger partial charge in [0.15, 0.2) is 0 Å². The van der Waals surface area contributed by atoms with E-state index in [0.29, 0.717) is 28.0 Å². The fourth-order valence-corrected chi connectivity index (χ4v) is 2.91. The summed E-state index contributed by atoms with van der Waals surface area (Å²) in [5.74, 6) is 0. The molecule has 6 heteroatoms. The number of benzene rings is 1. The summed E-state index contributed by atoms with van der Waals surface area (Å²) < 4.78 is 27.8. The van der Waals surface area contributed by atoms with Crippen molar-refractivity contribution in [2.24, 2.45) is 0 Å². The second kappa shape index (κ2) is 3.95. The predicted octanol–water partition coefficient (Wildman–Crippen LogP) is 3.58. The minimum atomic E-state index is -3.86. The van der Waals surface area contributed by atoms with Crippen LogP contribution in [0.15, 0.2) is 27.7 Å². The Balaban J connectivity index is 2.88. The third kappa shape index (κ3) is 1.93. The van der Waals surface area contributed by atoms with E-state index in [1.165, 1.54) is 0 Å². The van der Waals surface area contributed by atoms with Gasteiger partial charge in [-0.3, -0.25) is 0 Å². The number of hydrogen-bond acceptors (Lipinski definition) is 3. The van der Waals surface area contributed by atoms with Gasteiger partial charge in [-0.25, -0.2) is 8.42 Å². The molecule has 2 rings (SSSR count). The summed E-state index contributed by atoms with van der Waals surface area (Å²) in [5.41, 5.74) is 1.04. The van der Waals surface area contributed by atoms with Crippen molar-refractivity contribution in [1.82, 2.24) is 0 Å². The minimum Gasteiger partial charge on any atom is -0.443 e. The molecule has 1 aromatic carbocycles. The first-order chi connectivity index (χ1) is 7.43. The van der Waals surface area contributed by atoms with Gasteiger partial charge in [0, 0.05) is 26.7 Å². The van der Waals surface area contributed by atoms with Gasteiger partial charge in [0.05, 0.1) is 0 Å². The van der Waals surface area contributed by atoms with Gasteiger partial charge in [-0.05, 0) is 24.6 Å². The normalized spacial score (nSPS) is 12.2. The van der Waals surface area contributed by atoms with Crippen LogP contribution in [0.4, 0.5) is 0 Å². The number of aryl methyl sites for hydroxylation is 1. The molecule has 0 unspecified atom stereocenters. The molecule has 0 atom stereocenters. The molecule has 0 N–H and O–H groups in total. The van der Waals surface area contributed by atoms with Crippen LogP contribution in [0.25, 0.3) is 11.0 Å². The van der Waals surface area contributed by atoms with Crippen LogP contribution in [0.5, 0.6) is 0 Å². The zero-order chi connectivity index (χ0) is 11.9. The van der Waals surface area contributed by atoms with Gasteiger partial charge in [-0.2, -0.15) is 0 Å². The lowest BCUT2D eigenvalue weighted by Crippen LogP contribution is -1.92. The van der Waals surface area contributed by atoms with E-state index in [0.717, 1.165) is 0 Å². The summed E-state index contributed by atoms with van der Waals surface area (Å²) in [7, 11) is 1.44. The molecule has 0 spiro atoms. The van der Waals surface area contributed by atoms with Gasteiger partial charge in [0.1, 0.15) is 5.58 Å². The molecule has 0 aliphatic carbocycles. The van der Waals surface area contributed by atoms with Gasteiger partial charge in [0.25, 0.3) is 9.05 Å².